The fourth-order valence-corrected chi connectivity index (χ4v) is 6.10. The number of amides is 3. The summed E-state index contributed by atoms with van der Waals surface area (Å²) < 4.78 is 5.36. The first-order valence-corrected chi connectivity index (χ1v) is 16.4. The Balaban J connectivity index is 1.53. The molecular weight excluding hydrogens is 564 g/mol. The predicted octanol–water partition coefficient (Wildman–Crippen LogP) is 5.02. The molecule has 3 atom stereocenters. The van der Waals surface area contributed by atoms with Crippen LogP contribution in [0.4, 0.5) is 4.79 Å². The van der Waals surface area contributed by atoms with E-state index < -0.39 is 29.7 Å². The van der Waals surface area contributed by atoms with Gasteiger partial charge in [0.15, 0.2) is 0 Å². The van der Waals surface area contributed by atoms with Crippen molar-refractivity contribution in [2.75, 3.05) is 12.3 Å². The van der Waals surface area contributed by atoms with E-state index in [1.807, 2.05) is 48.5 Å². The number of hydrogen-bond acceptors (Lipinski definition) is 7. The van der Waals surface area contributed by atoms with Crippen LogP contribution in [0.3, 0.4) is 0 Å². The van der Waals surface area contributed by atoms with Crippen molar-refractivity contribution in [1.82, 2.24) is 20.9 Å². The van der Waals surface area contributed by atoms with Crippen LogP contribution in [0, 0.1) is 5.92 Å². The Hall–Kier alpha value is -3.11. The second-order valence-corrected chi connectivity index (χ2v) is 13.3. The van der Waals surface area contributed by atoms with Gasteiger partial charge in [-0.1, -0.05) is 68.5 Å². The molecular formula is C33H48N4O5S. The molecule has 0 saturated heterocycles. The number of ether oxygens (including phenoxy) is 1. The van der Waals surface area contributed by atoms with Gasteiger partial charge in [-0.25, -0.2) is 9.78 Å². The zero-order valence-electron chi connectivity index (χ0n) is 25.7. The summed E-state index contributed by atoms with van der Waals surface area (Å²) in [7, 11) is 0. The highest BCUT2D eigenvalue weighted by Gasteiger charge is 2.27. The number of benzene rings is 1. The summed E-state index contributed by atoms with van der Waals surface area (Å²) in [5.74, 6) is 0.554. The molecule has 43 heavy (non-hydrogen) atoms. The Kier molecular flexibility index (Phi) is 14.3. The molecule has 0 radical (unpaired) electrons. The second kappa shape index (κ2) is 17.9. The minimum atomic E-state index is -0.863. The Labute approximate surface area is 260 Å². The number of hydrogen-bond donors (Lipinski definition) is 4. The molecule has 3 rings (SSSR count). The molecule has 1 aromatic carbocycles. The summed E-state index contributed by atoms with van der Waals surface area (Å²) in [4.78, 5) is 42.9. The number of nitrogens with one attached hydrogen (secondary N) is 3. The van der Waals surface area contributed by atoms with E-state index in [0.29, 0.717) is 18.1 Å². The molecule has 2 aromatic rings. The van der Waals surface area contributed by atoms with E-state index in [0.717, 1.165) is 29.9 Å². The van der Waals surface area contributed by atoms with E-state index in [1.165, 1.54) is 19.3 Å². The highest BCUT2D eigenvalue weighted by molar-refractivity contribution is 7.99. The van der Waals surface area contributed by atoms with Crippen LogP contribution in [0.5, 0.6) is 0 Å². The summed E-state index contributed by atoms with van der Waals surface area (Å²) in [5.41, 5.74) is 0.184. The molecule has 1 aliphatic carbocycles. The lowest BCUT2D eigenvalue weighted by molar-refractivity contribution is -0.124. The molecule has 3 amide bonds. The van der Waals surface area contributed by atoms with Crippen LogP contribution >= 0.6 is 11.8 Å². The van der Waals surface area contributed by atoms with Crippen LogP contribution in [0.15, 0.2) is 59.8 Å². The molecule has 1 fully saturated rings. The van der Waals surface area contributed by atoms with Crippen LogP contribution in [-0.4, -0.2) is 64.1 Å². The monoisotopic (exact) mass is 612 g/mol. The minimum absolute atomic E-state index is 0.0623. The molecule has 0 bridgehead atoms. The third-order valence-corrected chi connectivity index (χ3v) is 8.34. The van der Waals surface area contributed by atoms with E-state index in [9.17, 15) is 19.5 Å². The Bertz CT molecular complexity index is 1120. The van der Waals surface area contributed by atoms with E-state index >= 15 is 0 Å². The normalized spacial score (nSPS) is 16.0. The smallest absolute Gasteiger partial charge is 0.408 e. The van der Waals surface area contributed by atoms with E-state index in [1.54, 1.807) is 38.7 Å². The number of nitrogens with zero attached hydrogens (tertiary/aromatic N) is 1. The standard InChI is InChI=1S/C33H48N4O5S/c1-33(2,3)42-32(41)37-27(23-25-14-8-5-9-15-25)31(40)35-20-17-29(39)36-26(22-24-12-6-4-7-13-24)28(38)18-21-43-30-16-10-11-19-34-30/h5,8-11,14-16,19,24,26-28,38H,4,6-7,12-13,17-18,20-23H2,1-3H3,(H,35,40)(H,36,39)(H,37,41)/t26-,27-,28-/m0/s1. The molecule has 236 valence electrons. The number of alkyl carbamates (subject to hydrolysis) is 1. The molecule has 0 spiro atoms. The maximum Gasteiger partial charge on any atom is 0.408 e. The minimum Gasteiger partial charge on any atom is -0.444 e. The lowest BCUT2D eigenvalue weighted by atomic mass is 9.83. The van der Waals surface area contributed by atoms with Crippen molar-refractivity contribution in [2.24, 2.45) is 5.92 Å². The van der Waals surface area contributed by atoms with Crippen LogP contribution in [-0.2, 0) is 20.7 Å². The number of carbonyl (C=O) groups is 3. The Morgan fingerprint density at radius 3 is 2.42 bits per heavy atom. The maximum atomic E-state index is 13.1. The molecule has 9 nitrogen and oxygen atoms in total. The van der Waals surface area contributed by atoms with Gasteiger partial charge >= 0.3 is 6.09 Å². The van der Waals surface area contributed by atoms with Gasteiger partial charge in [-0.05, 0) is 57.2 Å². The van der Waals surface area contributed by atoms with Crippen molar-refractivity contribution in [3.8, 4) is 0 Å². The van der Waals surface area contributed by atoms with E-state index in [4.69, 9.17) is 4.74 Å². The largest absolute Gasteiger partial charge is 0.444 e. The summed E-state index contributed by atoms with van der Waals surface area (Å²) >= 11 is 1.59. The summed E-state index contributed by atoms with van der Waals surface area (Å²) in [6, 6.07) is 13.9. The van der Waals surface area contributed by atoms with E-state index in [2.05, 4.69) is 20.9 Å². The summed E-state index contributed by atoms with van der Waals surface area (Å²) in [6.45, 7) is 5.38. The van der Waals surface area contributed by atoms with Gasteiger partial charge in [0.05, 0.1) is 17.2 Å². The van der Waals surface area contributed by atoms with Crippen molar-refractivity contribution in [2.45, 2.75) is 107 Å². The van der Waals surface area contributed by atoms with Gasteiger partial charge in [-0.3, -0.25) is 9.59 Å². The number of thioether (sulfide) groups is 1. The van der Waals surface area contributed by atoms with Gasteiger partial charge in [0.1, 0.15) is 11.6 Å². The number of aromatic nitrogens is 1. The average molecular weight is 613 g/mol. The van der Waals surface area contributed by atoms with Crippen LogP contribution in [0.25, 0.3) is 0 Å². The first kappa shape index (κ1) is 34.4. The highest BCUT2D eigenvalue weighted by Crippen LogP contribution is 2.29. The quantitative estimate of drug-likeness (QED) is 0.208. The van der Waals surface area contributed by atoms with Gasteiger partial charge in [-0.15, -0.1) is 11.8 Å². The van der Waals surface area contributed by atoms with Crippen molar-refractivity contribution in [1.29, 1.82) is 0 Å². The number of pyridine rings is 1. The third-order valence-electron chi connectivity index (χ3n) is 7.37. The molecule has 0 aliphatic heterocycles. The van der Waals surface area contributed by atoms with Gasteiger partial charge in [0.2, 0.25) is 11.8 Å². The van der Waals surface area contributed by atoms with Gasteiger partial charge in [0.25, 0.3) is 0 Å². The van der Waals surface area contributed by atoms with Crippen LogP contribution in [0.2, 0.25) is 0 Å². The maximum absolute atomic E-state index is 13.1. The van der Waals surface area contributed by atoms with Crippen molar-refractivity contribution in [3.05, 3.63) is 60.3 Å². The topological polar surface area (TPSA) is 130 Å². The van der Waals surface area contributed by atoms with Gasteiger partial charge in [-0.2, -0.15) is 0 Å². The fraction of sp³-hybridized carbons (Fsp3) is 0.576. The highest BCUT2D eigenvalue weighted by atomic mass is 32.2. The fourth-order valence-electron chi connectivity index (χ4n) is 5.22. The zero-order valence-corrected chi connectivity index (χ0v) is 26.5. The van der Waals surface area contributed by atoms with Gasteiger partial charge < -0.3 is 25.8 Å². The first-order chi connectivity index (χ1) is 20.6. The number of carbonyl (C=O) groups excluding carboxylic acids is 3. The molecule has 1 heterocycles. The van der Waals surface area contributed by atoms with Crippen LogP contribution in [0.1, 0.15) is 77.7 Å². The van der Waals surface area contributed by atoms with Crippen molar-refractivity contribution < 1.29 is 24.2 Å². The number of aliphatic hydroxyl groups is 1. The van der Waals surface area contributed by atoms with Crippen molar-refractivity contribution in [3.63, 3.8) is 0 Å². The number of aliphatic hydroxyl groups excluding tert-OH is 1. The molecule has 10 heteroatoms. The second-order valence-electron chi connectivity index (χ2n) is 12.2. The SMILES string of the molecule is CC(C)(C)OC(=O)N[C@@H](Cc1ccccc1)C(=O)NCCC(=O)N[C@@H](CC1CCCCC1)[C@@H](O)CCSc1ccccn1. The van der Waals surface area contributed by atoms with E-state index in [-0.39, 0.29) is 31.3 Å². The first-order valence-electron chi connectivity index (χ1n) is 15.4. The summed E-state index contributed by atoms with van der Waals surface area (Å²) in [5, 5.41) is 20.5. The molecule has 1 aromatic heterocycles. The Morgan fingerprint density at radius 2 is 1.74 bits per heavy atom. The zero-order chi connectivity index (χ0) is 31.1. The number of rotatable bonds is 15. The lowest BCUT2D eigenvalue weighted by Crippen LogP contribution is -2.50. The summed E-state index contributed by atoms with van der Waals surface area (Å²) in [6.07, 6.45) is 7.86. The Morgan fingerprint density at radius 1 is 1.02 bits per heavy atom. The van der Waals surface area contributed by atoms with Gasteiger partial charge in [0, 0.05) is 31.3 Å². The molecule has 1 aliphatic rings. The van der Waals surface area contributed by atoms with Crippen molar-refractivity contribution >= 4 is 29.7 Å². The van der Waals surface area contributed by atoms with Crippen LogP contribution < -0.4 is 16.0 Å². The average Bonchev–Trinajstić information content (AvgIpc) is 2.97. The molecule has 4 N–H and O–H groups in total. The molecule has 0 unspecified atom stereocenters. The molecule has 1 saturated carbocycles. The lowest BCUT2D eigenvalue weighted by Gasteiger charge is -2.30. The third kappa shape index (κ3) is 13.8. The predicted molar refractivity (Wildman–Crippen MR) is 170 cm³/mol.